The van der Waals surface area contributed by atoms with Crippen LogP contribution in [0.25, 0.3) is 0 Å². The highest BCUT2D eigenvalue weighted by molar-refractivity contribution is 7.47. The summed E-state index contributed by atoms with van der Waals surface area (Å²) >= 11 is 0. The Labute approximate surface area is 345 Å². The number of phosphoric ester groups is 1. The maximum Gasteiger partial charge on any atom is 0.472 e. The number of unbranched alkanes of at least 4 members (excludes halogenated alkanes) is 16. The van der Waals surface area contributed by atoms with Crippen LogP contribution < -0.4 is 5.32 Å². The van der Waals surface area contributed by atoms with Gasteiger partial charge in [-0.1, -0.05) is 164 Å². The molecular weight excluding hydrogens is 745 g/mol. The Kier molecular flexibility index (Phi) is 38.0. The number of hydrogen-bond acceptors (Lipinski definition) is 8. The molecule has 11 nitrogen and oxygen atoms in total. The number of carbonyl (C=O) groups is 3. The van der Waals surface area contributed by atoms with Crippen LogP contribution in [0.5, 0.6) is 0 Å². The fourth-order valence-electron chi connectivity index (χ4n) is 5.69. The van der Waals surface area contributed by atoms with Gasteiger partial charge in [0.2, 0.25) is 5.91 Å². The van der Waals surface area contributed by atoms with Crippen molar-refractivity contribution in [1.29, 1.82) is 0 Å². The second-order valence-corrected chi connectivity index (χ2v) is 16.0. The zero-order valence-corrected chi connectivity index (χ0v) is 36.3. The first kappa shape index (κ1) is 54.2. The Morgan fingerprint density at radius 1 is 0.579 bits per heavy atom. The fourth-order valence-corrected chi connectivity index (χ4v) is 6.47. The molecular formula is C45H78NO10P. The number of rotatable bonds is 40. The van der Waals surface area contributed by atoms with Crippen LogP contribution >= 0.6 is 7.82 Å². The zero-order chi connectivity index (χ0) is 42.1. The van der Waals surface area contributed by atoms with E-state index in [0.29, 0.717) is 12.8 Å². The molecule has 12 heteroatoms. The summed E-state index contributed by atoms with van der Waals surface area (Å²) in [5.74, 6) is -2.40. The van der Waals surface area contributed by atoms with Crippen molar-refractivity contribution in [2.45, 2.75) is 187 Å². The van der Waals surface area contributed by atoms with Crippen molar-refractivity contribution >= 4 is 25.7 Å². The third kappa shape index (κ3) is 39.8. The Hall–Kier alpha value is -2.82. The van der Waals surface area contributed by atoms with Gasteiger partial charge in [-0.2, -0.15) is 0 Å². The van der Waals surface area contributed by atoms with Gasteiger partial charge in [-0.05, 0) is 57.8 Å². The van der Waals surface area contributed by atoms with Crippen molar-refractivity contribution in [1.82, 2.24) is 5.32 Å². The van der Waals surface area contributed by atoms with Crippen molar-refractivity contribution in [2.75, 3.05) is 19.8 Å². The number of amides is 1. The topological polar surface area (TPSA) is 169 Å². The van der Waals surface area contributed by atoms with E-state index < -0.39 is 57.6 Å². The lowest BCUT2D eigenvalue weighted by molar-refractivity contribution is -0.147. The molecule has 0 aromatic rings. The monoisotopic (exact) mass is 824 g/mol. The molecule has 3 atom stereocenters. The third-order valence-corrected chi connectivity index (χ3v) is 10.0. The lowest BCUT2D eigenvalue weighted by Gasteiger charge is -2.18. The molecule has 0 bridgehead atoms. The first-order valence-corrected chi connectivity index (χ1v) is 23.3. The maximum absolute atomic E-state index is 12.3. The average molecular weight is 824 g/mol. The molecule has 0 aromatic carbocycles. The second kappa shape index (κ2) is 40.0. The predicted molar refractivity (Wildman–Crippen MR) is 231 cm³/mol. The fraction of sp³-hybridized carbons (Fsp3) is 0.711. The van der Waals surface area contributed by atoms with Gasteiger partial charge in [-0.3, -0.25) is 18.6 Å². The molecule has 0 radical (unpaired) electrons. The Morgan fingerprint density at radius 2 is 1.02 bits per heavy atom. The van der Waals surface area contributed by atoms with Crippen LogP contribution in [0.2, 0.25) is 0 Å². The van der Waals surface area contributed by atoms with Crippen LogP contribution in [0, 0.1) is 0 Å². The van der Waals surface area contributed by atoms with Gasteiger partial charge >= 0.3 is 19.8 Å². The van der Waals surface area contributed by atoms with Gasteiger partial charge in [0, 0.05) is 12.8 Å². The molecule has 4 N–H and O–H groups in total. The molecule has 0 spiro atoms. The number of hydrogen-bond donors (Lipinski definition) is 4. The van der Waals surface area contributed by atoms with Crippen molar-refractivity contribution in [2.24, 2.45) is 0 Å². The van der Waals surface area contributed by atoms with Crippen LogP contribution in [-0.4, -0.2) is 64.9 Å². The normalized spacial score (nSPS) is 14.3. The van der Waals surface area contributed by atoms with Crippen molar-refractivity contribution in [3.63, 3.8) is 0 Å². The first-order valence-electron chi connectivity index (χ1n) is 21.8. The summed E-state index contributed by atoms with van der Waals surface area (Å²) < 4.78 is 26.8. The number of ether oxygens (including phenoxy) is 1. The van der Waals surface area contributed by atoms with E-state index in [1.807, 2.05) is 0 Å². The molecule has 0 saturated heterocycles. The quantitative estimate of drug-likeness (QED) is 0.0202. The van der Waals surface area contributed by atoms with E-state index in [-0.39, 0.29) is 12.8 Å². The van der Waals surface area contributed by atoms with E-state index in [4.69, 9.17) is 13.8 Å². The molecule has 0 aliphatic heterocycles. The van der Waals surface area contributed by atoms with E-state index in [0.717, 1.165) is 83.5 Å². The van der Waals surface area contributed by atoms with E-state index in [1.165, 1.54) is 51.4 Å². The summed E-state index contributed by atoms with van der Waals surface area (Å²) in [5, 5.41) is 21.8. The van der Waals surface area contributed by atoms with Gasteiger partial charge < -0.3 is 25.2 Å². The standard InChI is InChI=1S/C45H78NO10P/c1-3-5-7-9-11-13-15-17-18-19-20-21-22-23-24-25-26-28-30-32-34-36-43(48)46-42(45(50)51)40-56-57(52,53)55-39-41(47)38-54-44(49)37-35-33-31-29-27-16-14-12-10-8-6-4-2/h5,7,11,13,17-18,20-21,23-24,41-42,47H,3-4,6,8-10,12,14-16,19,22,25-40H2,1-2H3,(H,46,48)(H,50,51)(H,52,53)/b7-5-,13-11-,18-17-,21-20-,24-23-. The molecule has 0 aliphatic rings. The number of aliphatic carboxylic acids is 1. The Bertz CT molecular complexity index is 1200. The number of carbonyl (C=O) groups excluding carboxylic acids is 2. The second-order valence-electron chi connectivity index (χ2n) is 14.5. The number of phosphoric acid groups is 1. The number of nitrogens with one attached hydrogen (secondary N) is 1. The van der Waals surface area contributed by atoms with Crippen molar-refractivity contribution in [3.8, 4) is 0 Å². The number of carboxylic acids is 1. The molecule has 0 heterocycles. The SMILES string of the molecule is CC/C=C\C/C=C\C/C=C\C/C=C\C/C=C\CCCCCCCC(=O)NC(COP(=O)(O)OCC(O)COC(=O)CCCCCCCCCCCCCC)C(=O)O. The first-order chi connectivity index (χ1) is 27.6. The van der Waals surface area contributed by atoms with Gasteiger partial charge in [0.05, 0.1) is 13.2 Å². The third-order valence-electron chi connectivity index (χ3n) is 9.07. The summed E-state index contributed by atoms with van der Waals surface area (Å²) in [5.41, 5.74) is 0. The largest absolute Gasteiger partial charge is 0.480 e. The summed E-state index contributed by atoms with van der Waals surface area (Å²) in [4.78, 5) is 45.9. The van der Waals surface area contributed by atoms with Crippen LogP contribution in [0.15, 0.2) is 60.8 Å². The van der Waals surface area contributed by atoms with Gasteiger partial charge in [0.25, 0.3) is 0 Å². The Morgan fingerprint density at radius 3 is 1.53 bits per heavy atom. The molecule has 0 saturated carbocycles. The molecule has 1 amide bonds. The molecule has 328 valence electrons. The molecule has 0 aromatic heterocycles. The zero-order valence-electron chi connectivity index (χ0n) is 35.4. The molecule has 3 unspecified atom stereocenters. The Balaban J connectivity index is 3.96. The van der Waals surface area contributed by atoms with E-state index in [1.54, 1.807) is 0 Å². The number of carboxylic acid groups (broad SMARTS) is 1. The number of allylic oxidation sites excluding steroid dienone is 10. The smallest absolute Gasteiger partial charge is 0.472 e. The van der Waals surface area contributed by atoms with Gasteiger partial charge in [0.1, 0.15) is 12.7 Å². The minimum absolute atomic E-state index is 0.121. The summed E-state index contributed by atoms with van der Waals surface area (Å²) in [6, 6.07) is -1.56. The van der Waals surface area contributed by atoms with Crippen molar-refractivity contribution in [3.05, 3.63) is 60.8 Å². The predicted octanol–water partition coefficient (Wildman–Crippen LogP) is 11.2. The lowest BCUT2D eigenvalue weighted by atomic mass is 10.0. The van der Waals surface area contributed by atoms with Gasteiger partial charge in [-0.15, -0.1) is 0 Å². The number of aliphatic hydroxyl groups is 1. The van der Waals surface area contributed by atoms with Crippen molar-refractivity contribution < 1.29 is 47.8 Å². The summed E-state index contributed by atoms with van der Waals surface area (Å²) in [6.45, 7) is 2.45. The van der Waals surface area contributed by atoms with Gasteiger partial charge in [-0.25, -0.2) is 9.36 Å². The molecule has 57 heavy (non-hydrogen) atoms. The van der Waals surface area contributed by atoms with Crippen LogP contribution in [0.4, 0.5) is 0 Å². The summed E-state index contributed by atoms with van der Waals surface area (Å²) in [6.07, 6.45) is 45.3. The highest BCUT2D eigenvalue weighted by Gasteiger charge is 2.28. The van der Waals surface area contributed by atoms with E-state index in [2.05, 4.69) is 79.9 Å². The number of esters is 1. The minimum Gasteiger partial charge on any atom is -0.480 e. The van der Waals surface area contributed by atoms with Crippen LogP contribution in [-0.2, 0) is 32.7 Å². The molecule has 0 aliphatic carbocycles. The highest BCUT2D eigenvalue weighted by Crippen LogP contribution is 2.43. The molecule has 0 fully saturated rings. The van der Waals surface area contributed by atoms with Crippen LogP contribution in [0.1, 0.15) is 174 Å². The summed E-state index contributed by atoms with van der Waals surface area (Å²) in [7, 11) is -4.76. The number of aliphatic hydroxyl groups excluding tert-OH is 1. The lowest BCUT2D eigenvalue weighted by Crippen LogP contribution is -2.43. The molecule has 0 rings (SSSR count). The van der Waals surface area contributed by atoms with Gasteiger partial charge in [0.15, 0.2) is 6.04 Å². The van der Waals surface area contributed by atoms with E-state index >= 15 is 0 Å². The highest BCUT2D eigenvalue weighted by atomic mass is 31.2. The average Bonchev–Trinajstić information content (AvgIpc) is 3.18. The van der Waals surface area contributed by atoms with E-state index in [9.17, 15) is 34.1 Å². The van der Waals surface area contributed by atoms with Crippen LogP contribution in [0.3, 0.4) is 0 Å². The minimum atomic E-state index is -4.76. The maximum atomic E-state index is 12.3.